The van der Waals surface area contributed by atoms with E-state index in [1.54, 1.807) is 17.4 Å². The van der Waals surface area contributed by atoms with Crippen molar-refractivity contribution in [1.82, 2.24) is 9.29 Å². The highest BCUT2D eigenvalue weighted by Gasteiger charge is 2.45. The van der Waals surface area contributed by atoms with Crippen LogP contribution in [0.5, 0.6) is 5.88 Å². The van der Waals surface area contributed by atoms with Crippen molar-refractivity contribution in [1.29, 1.82) is 0 Å². The Kier molecular flexibility index (Phi) is 4.65. The number of hydrogen-bond acceptors (Lipinski definition) is 5. The van der Waals surface area contributed by atoms with Gasteiger partial charge in [0.15, 0.2) is 0 Å². The SMILES string of the molecule is CCS(=O)(=O)N1CCO[C@@H]2C[C@H](COc3ccccn3)C[C@H]21. The smallest absolute Gasteiger partial charge is 0.214 e. The van der Waals surface area contributed by atoms with E-state index in [9.17, 15) is 8.42 Å². The second kappa shape index (κ2) is 6.52. The minimum Gasteiger partial charge on any atom is -0.477 e. The first kappa shape index (κ1) is 15.7. The molecule has 2 aliphatic rings. The van der Waals surface area contributed by atoms with Crippen LogP contribution in [0.2, 0.25) is 0 Å². The number of fused-ring (bicyclic) bond motifs is 1. The Morgan fingerprint density at radius 1 is 1.41 bits per heavy atom. The van der Waals surface area contributed by atoms with Gasteiger partial charge in [0, 0.05) is 18.8 Å². The summed E-state index contributed by atoms with van der Waals surface area (Å²) in [5, 5.41) is 0. The lowest BCUT2D eigenvalue weighted by atomic mass is 10.1. The van der Waals surface area contributed by atoms with Crippen LogP contribution in [0.4, 0.5) is 0 Å². The number of ether oxygens (including phenoxy) is 2. The highest BCUT2D eigenvalue weighted by molar-refractivity contribution is 7.89. The highest BCUT2D eigenvalue weighted by atomic mass is 32.2. The third-order valence-electron chi connectivity index (χ3n) is 4.41. The maximum atomic E-state index is 12.2. The zero-order valence-electron chi connectivity index (χ0n) is 12.7. The van der Waals surface area contributed by atoms with Crippen molar-refractivity contribution < 1.29 is 17.9 Å². The van der Waals surface area contributed by atoms with Gasteiger partial charge in [0.1, 0.15) is 0 Å². The van der Waals surface area contributed by atoms with Crippen molar-refractivity contribution in [2.75, 3.05) is 25.5 Å². The lowest BCUT2D eigenvalue weighted by Crippen LogP contribution is -2.51. The monoisotopic (exact) mass is 326 g/mol. The minimum atomic E-state index is -3.17. The van der Waals surface area contributed by atoms with Gasteiger partial charge < -0.3 is 9.47 Å². The van der Waals surface area contributed by atoms with E-state index in [1.807, 2.05) is 18.2 Å². The molecule has 7 heteroatoms. The highest BCUT2D eigenvalue weighted by Crippen LogP contribution is 2.35. The average molecular weight is 326 g/mol. The van der Waals surface area contributed by atoms with Gasteiger partial charge in [-0.05, 0) is 31.7 Å². The van der Waals surface area contributed by atoms with E-state index in [1.165, 1.54) is 0 Å². The molecular weight excluding hydrogens is 304 g/mol. The molecule has 2 heterocycles. The molecule has 1 aliphatic heterocycles. The molecule has 122 valence electrons. The Hall–Kier alpha value is -1.18. The molecule has 3 atom stereocenters. The van der Waals surface area contributed by atoms with Crippen molar-refractivity contribution in [3.8, 4) is 5.88 Å². The van der Waals surface area contributed by atoms with Crippen molar-refractivity contribution >= 4 is 10.0 Å². The van der Waals surface area contributed by atoms with Crippen LogP contribution in [0.15, 0.2) is 24.4 Å². The van der Waals surface area contributed by atoms with Gasteiger partial charge in [-0.15, -0.1) is 0 Å². The average Bonchev–Trinajstić information content (AvgIpc) is 2.96. The van der Waals surface area contributed by atoms with Crippen LogP contribution in [-0.4, -0.2) is 55.4 Å². The molecule has 6 nitrogen and oxygen atoms in total. The molecule has 0 N–H and O–H groups in total. The molecule has 2 fully saturated rings. The van der Waals surface area contributed by atoms with Crippen LogP contribution in [0.1, 0.15) is 19.8 Å². The molecule has 1 aromatic heterocycles. The lowest BCUT2D eigenvalue weighted by molar-refractivity contribution is -0.0248. The summed E-state index contributed by atoms with van der Waals surface area (Å²) >= 11 is 0. The van der Waals surface area contributed by atoms with Crippen LogP contribution in [-0.2, 0) is 14.8 Å². The van der Waals surface area contributed by atoms with Gasteiger partial charge >= 0.3 is 0 Å². The Morgan fingerprint density at radius 3 is 3.00 bits per heavy atom. The molecule has 0 unspecified atom stereocenters. The second-order valence-corrected chi connectivity index (χ2v) is 8.01. The standard InChI is InChI=1S/C15H22N2O4S/c1-2-22(18,19)17-7-8-20-14-10-12(9-13(14)17)11-21-15-5-3-4-6-16-15/h3-6,12-14H,2,7-11H2,1H3/t12-,13-,14-/m1/s1. The Balaban J connectivity index is 1.62. The molecule has 0 spiro atoms. The van der Waals surface area contributed by atoms with E-state index in [2.05, 4.69) is 4.98 Å². The molecule has 1 saturated carbocycles. The number of nitrogens with zero attached hydrogens (tertiary/aromatic N) is 2. The first-order valence-corrected chi connectivity index (χ1v) is 9.36. The zero-order valence-corrected chi connectivity index (χ0v) is 13.5. The maximum Gasteiger partial charge on any atom is 0.214 e. The third kappa shape index (κ3) is 3.26. The molecule has 0 radical (unpaired) electrons. The third-order valence-corrected chi connectivity index (χ3v) is 6.31. The van der Waals surface area contributed by atoms with Crippen molar-refractivity contribution in [2.45, 2.75) is 31.9 Å². The van der Waals surface area contributed by atoms with E-state index >= 15 is 0 Å². The minimum absolute atomic E-state index is 0.00703. The van der Waals surface area contributed by atoms with E-state index in [0.29, 0.717) is 31.6 Å². The molecule has 0 bridgehead atoms. The number of morpholine rings is 1. The van der Waals surface area contributed by atoms with Gasteiger partial charge in [-0.2, -0.15) is 4.31 Å². The topological polar surface area (TPSA) is 68.7 Å². The van der Waals surface area contributed by atoms with Crippen LogP contribution < -0.4 is 4.74 Å². The van der Waals surface area contributed by atoms with E-state index in [0.717, 1.165) is 12.8 Å². The van der Waals surface area contributed by atoms with Gasteiger partial charge in [0.05, 0.1) is 31.1 Å². The number of hydrogen-bond donors (Lipinski definition) is 0. The molecule has 1 saturated heterocycles. The van der Waals surface area contributed by atoms with E-state index in [-0.39, 0.29) is 17.9 Å². The Bertz CT molecular complexity index is 593. The summed E-state index contributed by atoms with van der Waals surface area (Å²) in [5.41, 5.74) is 0. The fourth-order valence-corrected chi connectivity index (χ4v) is 4.62. The fraction of sp³-hybridized carbons (Fsp3) is 0.667. The normalized spacial score (nSPS) is 29.2. The molecule has 22 heavy (non-hydrogen) atoms. The Morgan fingerprint density at radius 2 is 2.27 bits per heavy atom. The van der Waals surface area contributed by atoms with Gasteiger partial charge in [-0.3, -0.25) is 0 Å². The first-order valence-electron chi connectivity index (χ1n) is 7.75. The Labute approximate surface area is 131 Å². The van der Waals surface area contributed by atoms with Crippen molar-refractivity contribution in [3.63, 3.8) is 0 Å². The van der Waals surface area contributed by atoms with Gasteiger partial charge in [-0.25, -0.2) is 13.4 Å². The summed E-state index contributed by atoms with van der Waals surface area (Å²) in [6.45, 7) is 3.18. The number of rotatable bonds is 5. The molecule has 0 amide bonds. The summed E-state index contributed by atoms with van der Waals surface area (Å²) in [7, 11) is -3.17. The summed E-state index contributed by atoms with van der Waals surface area (Å²) in [4.78, 5) is 4.14. The van der Waals surface area contributed by atoms with E-state index < -0.39 is 10.0 Å². The summed E-state index contributed by atoms with van der Waals surface area (Å²) < 4.78 is 37.6. The van der Waals surface area contributed by atoms with Crippen molar-refractivity contribution in [3.05, 3.63) is 24.4 Å². The van der Waals surface area contributed by atoms with Crippen molar-refractivity contribution in [2.24, 2.45) is 5.92 Å². The van der Waals surface area contributed by atoms with Crippen LogP contribution >= 0.6 is 0 Å². The quantitative estimate of drug-likeness (QED) is 0.815. The van der Waals surface area contributed by atoms with Crippen LogP contribution in [0.3, 0.4) is 0 Å². The fourth-order valence-electron chi connectivity index (χ4n) is 3.30. The zero-order chi connectivity index (χ0) is 15.6. The first-order chi connectivity index (χ1) is 10.6. The lowest BCUT2D eigenvalue weighted by Gasteiger charge is -2.36. The molecular formula is C15H22N2O4S. The second-order valence-electron chi connectivity index (χ2n) is 5.80. The molecule has 3 rings (SSSR count). The number of sulfonamides is 1. The molecule has 1 aliphatic carbocycles. The summed E-state index contributed by atoms with van der Waals surface area (Å²) in [6, 6.07) is 5.51. The summed E-state index contributed by atoms with van der Waals surface area (Å²) in [6.07, 6.45) is 3.32. The van der Waals surface area contributed by atoms with E-state index in [4.69, 9.17) is 9.47 Å². The predicted molar refractivity (Wildman–Crippen MR) is 82.2 cm³/mol. The van der Waals surface area contributed by atoms with Crippen LogP contribution in [0.25, 0.3) is 0 Å². The van der Waals surface area contributed by atoms with Gasteiger partial charge in [-0.1, -0.05) is 6.07 Å². The predicted octanol–water partition coefficient (Wildman–Crippen LogP) is 1.29. The largest absolute Gasteiger partial charge is 0.477 e. The van der Waals surface area contributed by atoms with Gasteiger partial charge in [0.2, 0.25) is 15.9 Å². The molecule has 1 aromatic rings. The summed E-state index contributed by atoms with van der Waals surface area (Å²) in [5.74, 6) is 1.05. The number of aromatic nitrogens is 1. The number of pyridine rings is 1. The molecule has 0 aromatic carbocycles. The van der Waals surface area contributed by atoms with Gasteiger partial charge in [0.25, 0.3) is 0 Å². The maximum absolute atomic E-state index is 12.2. The van der Waals surface area contributed by atoms with Crippen LogP contribution in [0, 0.1) is 5.92 Å².